The van der Waals surface area contributed by atoms with Crippen LogP contribution >= 0.6 is 11.8 Å². The molecular weight excluding hydrogens is 455 g/mol. The number of aliphatic imine (C=N–C) groups is 1. The number of nitrogens with zero attached hydrogens (tertiary/aromatic N) is 4. The lowest BCUT2D eigenvalue weighted by molar-refractivity contribution is -0.170. The Hall–Kier alpha value is -3.01. The summed E-state index contributed by atoms with van der Waals surface area (Å²) >= 11 is 1.21. The molecule has 1 saturated heterocycles. The monoisotopic (exact) mass is 475 g/mol. The number of thioether (sulfide) groups is 1. The maximum atomic E-state index is 15.0. The van der Waals surface area contributed by atoms with E-state index in [-0.39, 0.29) is 29.4 Å². The van der Waals surface area contributed by atoms with Crippen LogP contribution in [-0.2, 0) is 10.3 Å². The molecule has 0 unspecified atom stereocenters. The lowest BCUT2D eigenvalue weighted by Gasteiger charge is -2.47. The Morgan fingerprint density at radius 1 is 1.33 bits per heavy atom. The standard InChI is InChI=1S/C22H20F3N5O2S/c1-21(24,25)18-9-14-11-33-20(27-19(31)13-5-3-2-4-6-13)28-22(14,12-32-18)16-10-15(29-30-26)7-8-17(16)23/h2-8,10,14,18H,9,11-12H2,1H3,(H,27,28,31)/t14-,18+,22-/m0/s1. The van der Waals surface area contributed by atoms with Crippen LogP contribution in [0, 0.1) is 11.7 Å². The zero-order valence-corrected chi connectivity index (χ0v) is 18.4. The van der Waals surface area contributed by atoms with Gasteiger partial charge in [0, 0.05) is 40.3 Å². The van der Waals surface area contributed by atoms with Gasteiger partial charge in [-0.25, -0.2) is 18.2 Å². The first-order valence-electron chi connectivity index (χ1n) is 10.2. The van der Waals surface area contributed by atoms with Crippen LogP contribution in [0.25, 0.3) is 10.4 Å². The maximum Gasteiger partial charge on any atom is 0.271 e. The molecule has 7 nitrogen and oxygen atoms in total. The number of hydrogen-bond acceptors (Lipinski definition) is 5. The molecule has 0 saturated carbocycles. The Balaban J connectivity index is 1.75. The van der Waals surface area contributed by atoms with Gasteiger partial charge in [-0.2, -0.15) is 0 Å². The molecular formula is C22H20F3N5O2S. The number of halogens is 3. The van der Waals surface area contributed by atoms with Crippen molar-refractivity contribution < 1.29 is 22.7 Å². The second-order valence-electron chi connectivity index (χ2n) is 8.01. The van der Waals surface area contributed by atoms with E-state index in [1.165, 1.54) is 23.9 Å². The van der Waals surface area contributed by atoms with Crippen molar-refractivity contribution in [3.05, 3.63) is 75.9 Å². The van der Waals surface area contributed by atoms with E-state index in [4.69, 9.17) is 10.3 Å². The highest BCUT2D eigenvalue weighted by molar-refractivity contribution is 8.13. The first-order chi connectivity index (χ1) is 15.7. The van der Waals surface area contributed by atoms with Gasteiger partial charge in [0.15, 0.2) is 5.17 Å². The van der Waals surface area contributed by atoms with Crippen molar-refractivity contribution >= 4 is 28.5 Å². The zero-order chi connectivity index (χ0) is 23.6. The number of ether oxygens (including phenoxy) is 1. The third kappa shape index (κ3) is 4.71. The lowest BCUT2D eigenvalue weighted by Crippen LogP contribution is -2.54. The number of nitrogens with one attached hydrogen (secondary N) is 1. The number of amidine groups is 1. The zero-order valence-electron chi connectivity index (χ0n) is 17.5. The normalized spacial score (nSPS) is 24.8. The molecule has 2 aliphatic rings. The van der Waals surface area contributed by atoms with Gasteiger partial charge in [0.1, 0.15) is 17.5 Å². The number of hydrogen-bond donors (Lipinski definition) is 1. The van der Waals surface area contributed by atoms with Crippen molar-refractivity contribution in [3.8, 4) is 0 Å². The minimum absolute atomic E-state index is 0.0505. The second-order valence-corrected chi connectivity index (χ2v) is 9.02. The van der Waals surface area contributed by atoms with Crippen LogP contribution in [0.15, 0.2) is 58.6 Å². The molecule has 11 heteroatoms. The third-order valence-corrected chi connectivity index (χ3v) is 6.83. The lowest BCUT2D eigenvalue weighted by atomic mass is 9.74. The summed E-state index contributed by atoms with van der Waals surface area (Å²) in [5, 5.41) is 6.49. The van der Waals surface area contributed by atoms with Crippen LogP contribution in [0.2, 0.25) is 0 Å². The van der Waals surface area contributed by atoms with Crippen molar-refractivity contribution in [2.45, 2.75) is 30.9 Å². The van der Waals surface area contributed by atoms with Crippen molar-refractivity contribution in [2.24, 2.45) is 16.0 Å². The topological polar surface area (TPSA) is 99.5 Å². The van der Waals surface area contributed by atoms with Crippen molar-refractivity contribution in [3.63, 3.8) is 0 Å². The van der Waals surface area contributed by atoms with E-state index in [0.717, 1.165) is 13.0 Å². The number of azide groups is 1. The summed E-state index contributed by atoms with van der Waals surface area (Å²) in [5.74, 6) is -4.29. The van der Waals surface area contributed by atoms with Crippen LogP contribution in [0.4, 0.5) is 18.9 Å². The van der Waals surface area contributed by atoms with Gasteiger partial charge in [-0.15, -0.1) is 0 Å². The third-order valence-electron chi connectivity index (χ3n) is 5.80. The molecule has 172 valence electrons. The average molecular weight is 475 g/mol. The van der Waals surface area contributed by atoms with Crippen LogP contribution in [0.1, 0.15) is 29.3 Å². The molecule has 1 N–H and O–H groups in total. The molecule has 0 spiro atoms. The van der Waals surface area contributed by atoms with Gasteiger partial charge >= 0.3 is 0 Å². The van der Waals surface area contributed by atoms with Crippen molar-refractivity contribution in [2.75, 3.05) is 12.4 Å². The van der Waals surface area contributed by atoms with E-state index in [9.17, 15) is 13.6 Å². The van der Waals surface area contributed by atoms with E-state index in [2.05, 4.69) is 20.3 Å². The molecule has 0 bridgehead atoms. The molecule has 4 rings (SSSR count). The number of amides is 1. The smallest absolute Gasteiger partial charge is 0.271 e. The number of alkyl halides is 2. The molecule has 1 amide bonds. The summed E-state index contributed by atoms with van der Waals surface area (Å²) in [7, 11) is 0. The maximum absolute atomic E-state index is 15.0. The summed E-state index contributed by atoms with van der Waals surface area (Å²) in [5.41, 5.74) is 8.06. The quantitative estimate of drug-likeness (QED) is 0.356. The summed E-state index contributed by atoms with van der Waals surface area (Å²) < 4.78 is 48.6. The highest BCUT2D eigenvalue weighted by Gasteiger charge is 2.53. The largest absolute Gasteiger partial charge is 0.369 e. The predicted molar refractivity (Wildman–Crippen MR) is 119 cm³/mol. The molecule has 2 heterocycles. The number of benzene rings is 2. The van der Waals surface area contributed by atoms with Gasteiger partial charge < -0.3 is 10.1 Å². The molecule has 0 radical (unpaired) electrons. The number of fused-ring (bicyclic) bond motifs is 1. The van der Waals surface area contributed by atoms with Gasteiger partial charge in [-0.05, 0) is 42.3 Å². The van der Waals surface area contributed by atoms with Crippen molar-refractivity contribution in [1.29, 1.82) is 0 Å². The Morgan fingerprint density at radius 3 is 2.79 bits per heavy atom. The van der Waals surface area contributed by atoms with Crippen molar-refractivity contribution in [1.82, 2.24) is 5.32 Å². The van der Waals surface area contributed by atoms with Gasteiger partial charge in [-0.3, -0.25) is 4.79 Å². The number of carbonyl (C=O) groups is 1. The molecule has 2 aromatic rings. The molecule has 3 atom stereocenters. The van der Waals surface area contributed by atoms with Crippen LogP contribution in [-0.4, -0.2) is 35.5 Å². The Morgan fingerprint density at radius 2 is 2.09 bits per heavy atom. The minimum atomic E-state index is -3.08. The van der Waals surface area contributed by atoms with Crippen LogP contribution < -0.4 is 5.32 Å². The summed E-state index contributed by atoms with van der Waals surface area (Å²) in [4.78, 5) is 20.0. The van der Waals surface area contributed by atoms with Crippen LogP contribution in [0.3, 0.4) is 0 Å². The summed E-state index contributed by atoms with van der Waals surface area (Å²) in [6.07, 6.45) is -1.39. The predicted octanol–water partition coefficient (Wildman–Crippen LogP) is 5.56. The van der Waals surface area contributed by atoms with Gasteiger partial charge in [0.2, 0.25) is 0 Å². The molecule has 0 aromatic heterocycles. The highest BCUT2D eigenvalue weighted by atomic mass is 32.2. The molecule has 2 aromatic carbocycles. The Kier molecular flexibility index (Phi) is 6.38. The SMILES string of the molecule is CC(F)(F)[C@H]1C[C@H]2CSC(NC(=O)c3ccccc3)=N[C@@]2(c2cc(N=[N+]=[N-])ccc2F)CO1. The molecule has 2 aliphatic heterocycles. The van der Waals surface area contributed by atoms with E-state index in [1.807, 2.05) is 0 Å². The number of rotatable bonds is 4. The molecule has 1 fully saturated rings. The van der Waals surface area contributed by atoms with E-state index in [1.54, 1.807) is 30.3 Å². The summed E-state index contributed by atoms with van der Waals surface area (Å²) in [6, 6.07) is 12.3. The van der Waals surface area contributed by atoms with E-state index >= 15 is 4.39 Å². The highest BCUT2D eigenvalue weighted by Crippen LogP contribution is 2.49. The number of carbonyl (C=O) groups excluding carboxylic acids is 1. The molecule has 33 heavy (non-hydrogen) atoms. The average Bonchev–Trinajstić information content (AvgIpc) is 2.80. The van der Waals surface area contributed by atoms with Gasteiger partial charge in [0.05, 0.1) is 6.61 Å². The van der Waals surface area contributed by atoms with Gasteiger partial charge in [-0.1, -0.05) is 35.1 Å². The minimum Gasteiger partial charge on any atom is -0.369 e. The first kappa shape index (κ1) is 23.2. The van der Waals surface area contributed by atoms with Gasteiger partial charge in [0.25, 0.3) is 11.8 Å². The Bertz CT molecular complexity index is 1130. The van der Waals surface area contributed by atoms with E-state index < -0.39 is 35.2 Å². The fourth-order valence-electron chi connectivity index (χ4n) is 4.08. The Labute approximate surface area is 192 Å². The fourth-order valence-corrected chi connectivity index (χ4v) is 5.25. The second kappa shape index (κ2) is 9.09. The van der Waals surface area contributed by atoms with Crippen LogP contribution in [0.5, 0.6) is 0 Å². The molecule has 0 aliphatic carbocycles. The summed E-state index contributed by atoms with van der Waals surface area (Å²) in [6.45, 7) is 0.478. The first-order valence-corrected chi connectivity index (χ1v) is 11.1. The van der Waals surface area contributed by atoms with E-state index in [0.29, 0.717) is 11.3 Å². The fraction of sp³-hybridized carbons (Fsp3) is 0.364.